The van der Waals surface area contributed by atoms with Crippen LogP contribution in [0.25, 0.3) is 0 Å². The Hall–Kier alpha value is -1.36. The van der Waals surface area contributed by atoms with E-state index in [1.165, 1.54) is 0 Å². The van der Waals surface area contributed by atoms with Gasteiger partial charge in [0.15, 0.2) is 0 Å². The molecule has 0 aromatic carbocycles. The summed E-state index contributed by atoms with van der Waals surface area (Å²) in [7, 11) is 0. The third kappa shape index (κ3) is 1.57. The predicted octanol–water partition coefficient (Wildman–Crippen LogP) is 1.04. The molecule has 3 rings (SSSR count). The van der Waals surface area contributed by atoms with E-state index in [1.807, 2.05) is 18.7 Å². The fraction of sp³-hybridized carbons (Fsp3) is 0.667. The molecule has 0 unspecified atom stereocenters. The van der Waals surface area contributed by atoms with Crippen LogP contribution in [0.2, 0.25) is 0 Å². The van der Waals surface area contributed by atoms with Gasteiger partial charge in [0.2, 0.25) is 0 Å². The maximum Gasteiger partial charge on any atom is 0.330 e. The van der Waals surface area contributed by atoms with Crippen LogP contribution in [0.3, 0.4) is 0 Å². The summed E-state index contributed by atoms with van der Waals surface area (Å²) < 4.78 is 1.78. The smallest absolute Gasteiger partial charge is 0.317 e. The first-order valence-corrected chi connectivity index (χ1v) is 6.25. The lowest BCUT2D eigenvalue weighted by Gasteiger charge is -2.30. The fourth-order valence-electron chi connectivity index (χ4n) is 2.91. The van der Waals surface area contributed by atoms with E-state index in [0.29, 0.717) is 6.04 Å². The van der Waals surface area contributed by atoms with E-state index in [2.05, 4.69) is 10.3 Å². The number of carbonyl (C=O) groups is 1. The molecule has 1 fully saturated rings. The molecule has 1 aromatic rings. The lowest BCUT2D eigenvalue weighted by atomic mass is 10.1. The van der Waals surface area contributed by atoms with Crippen molar-refractivity contribution in [3.63, 3.8) is 0 Å². The normalized spacial score (nSPS) is 21.1. The third-order valence-electron chi connectivity index (χ3n) is 3.85. The number of nitrogens with zero attached hydrogens (tertiary/aromatic N) is 3. The second-order valence-corrected chi connectivity index (χ2v) is 4.92. The zero-order chi connectivity index (χ0) is 12.0. The SMILES string of the molecule is Cc1nc(C)n2c1CN(C1CCNCC1)C2=O. The molecule has 17 heavy (non-hydrogen) atoms. The molecule has 1 aromatic heterocycles. The number of fused-ring (bicyclic) bond motifs is 1. The van der Waals surface area contributed by atoms with Gasteiger partial charge >= 0.3 is 6.03 Å². The van der Waals surface area contributed by atoms with E-state index < -0.39 is 0 Å². The Morgan fingerprint density at radius 3 is 2.65 bits per heavy atom. The van der Waals surface area contributed by atoms with Crippen molar-refractivity contribution in [1.82, 2.24) is 19.8 Å². The van der Waals surface area contributed by atoms with Gasteiger partial charge in [0, 0.05) is 6.04 Å². The Bertz CT molecular complexity index is 459. The highest BCUT2D eigenvalue weighted by Gasteiger charge is 2.35. The molecule has 5 heteroatoms. The van der Waals surface area contributed by atoms with E-state index in [0.717, 1.165) is 49.7 Å². The molecule has 92 valence electrons. The summed E-state index contributed by atoms with van der Waals surface area (Å²) in [5.41, 5.74) is 2.07. The van der Waals surface area contributed by atoms with Gasteiger partial charge in [-0.05, 0) is 39.8 Å². The minimum Gasteiger partial charge on any atom is -0.317 e. The van der Waals surface area contributed by atoms with Crippen molar-refractivity contribution in [1.29, 1.82) is 0 Å². The third-order valence-corrected chi connectivity index (χ3v) is 3.85. The summed E-state index contributed by atoms with van der Waals surface area (Å²) >= 11 is 0. The van der Waals surface area contributed by atoms with Crippen molar-refractivity contribution < 1.29 is 4.79 Å². The summed E-state index contributed by atoms with van der Waals surface area (Å²) in [5, 5.41) is 3.33. The van der Waals surface area contributed by atoms with E-state index in [4.69, 9.17) is 0 Å². The van der Waals surface area contributed by atoms with Crippen molar-refractivity contribution in [3.8, 4) is 0 Å². The number of imidazole rings is 1. The first kappa shape index (κ1) is 10.8. The van der Waals surface area contributed by atoms with Crippen LogP contribution in [0.5, 0.6) is 0 Å². The van der Waals surface area contributed by atoms with Gasteiger partial charge in [-0.2, -0.15) is 0 Å². The second-order valence-electron chi connectivity index (χ2n) is 4.92. The zero-order valence-electron chi connectivity index (χ0n) is 10.4. The maximum atomic E-state index is 12.4. The van der Waals surface area contributed by atoms with Crippen LogP contribution < -0.4 is 5.32 Å². The number of rotatable bonds is 1. The van der Waals surface area contributed by atoms with Gasteiger partial charge in [0.05, 0.1) is 17.9 Å². The maximum absolute atomic E-state index is 12.4. The van der Waals surface area contributed by atoms with Gasteiger partial charge in [0.25, 0.3) is 0 Å². The molecule has 0 atom stereocenters. The van der Waals surface area contributed by atoms with Crippen molar-refractivity contribution >= 4 is 6.03 Å². The van der Waals surface area contributed by atoms with Gasteiger partial charge in [-0.25, -0.2) is 9.78 Å². The minimum atomic E-state index is 0.116. The topological polar surface area (TPSA) is 50.2 Å². The number of hydrogen-bond donors (Lipinski definition) is 1. The molecule has 0 spiro atoms. The molecule has 1 amide bonds. The molecular formula is C12H18N4O. The Morgan fingerprint density at radius 1 is 1.29 bits per heavy atom. The highest BCUT2D eigenvalue weighted by Crippen LogP contribution is 2.26. The summed E-state index contributed by atoms with van der Waals surface area (Å²) in [6.45, 7) is 6.65. The lowest BCUT2D eigenvalue weighted by Crippen LogP contribution is -2.44. The van der Waals surface area contributed by atoms with Crippen molar-refractivity contribution in [2.45, 2.75) is 39.3 Å². The number of piperidine rings is 1. The Balaban J connectivity index is 1.88. The average Bonchev–Trinajstić information content (AvgIpc) is 2.81. The Kier molecular flexibility index (Phi) is 2.43. The number of amides is 1. The predicted molar refractivity (Wildman–Crippen MR) is 63.9 cm³/mol. The quantitative estimate of drug-likeness (QED) is 0.789. The van der Waals surface area contributed by atoms with Crippen LogP contribution in [0.15, 0.2) is 0 Å². The van der Waals surface area contributed by atoms with Crippen molar-refractivity contribution in [2.24, 2.45) is 0 Å². The first-order chi connectivity index (χ1) is 8.18. The van der Waals surface area contributed by atoms with Crippen LogP contribution in [0.4, 0.5) is 4.79 Å². The van der Waals surface area contributed by atoms with Crippen LogP contribution >= 0.6 is 0 Å². The molecule has 2 aliphatic rings. The average molecular weight is 234 g/mol. The number of aromatic nitrogens is 2. The molecule has 5 nitrogen and oxygen atoms in total. The monoisotopic (exact) mass is 234 g/mol. The largest absolute Gasteiger partial charge is 0.330 e. The molecule has 1 saturated heterocycles. The molecule has 0 bridgehead atoms. The number of carbonyl (C=O) groups excluding carboxylic acids is 1. The number of aryl methyl sites for hydroxylation is 2. The minimum absolute atomic E-state index is 0.116. The van der Waals surface area contributed by atoms with Crippen molar-refractivity contribution in [2.75, 3.05) is 13.1 Å². The molecule has 1 N–H and O–H groups in total. The van der Waals surface area contributed by atoms with Gasteiger partial charge in [-0.3, -0.25) is 4.57 Å². The number of hydrogen-bond acceptors (Lipinski definition) is 3. The first-order valence-electron chi connectivity index (χ1n) is 6.25. The highest BCUT2D eigenvalue weighted by molar-refractivity contribution is 5.81. The zero-order valence-corrected chi connectivity index (χ0v) is 10.4. The molecule has 3 heterocycles. The highest BCUT2D eigenvalue weighted by atomic mass is 16.2. The molecule has 2 aliphatic heterocycles. The van der Waals surface area contributed by atoms with Crippen molar-refractivity contribution in [3.05, 3.63) is 17.2 Å². The standard InChI is InChI=1S/C12H18N4O/c1-8-11-7-15(10-3-5-13-6-4-10)12(17)16(11)9(2)14-8/h10,13H,3-7H2,1-2H3. The molecule has 0 radical (unpaired) electrons. The Morgan fingerprint density at radius 2 is 2.00 bits per heavy atom. The van der Waals surface area contributed by atoms with Gasteiger partial charge in [-0.1, -0.05) is 0 Å². The van der Waals surface area contributed by atoms with E-state index in [1.54, 1.807) is 4.57 Å². The molecule has 0 saturated carbocycles. The molecular weight excluding hydrogens is 216 g/mol. The van der Waals surface area contributed by atoms with Crippen LogP contribution in [0, 0.1) is 13.8 Å². The van der Waals surface area contributed by atoms with E-state index >= 15 is 0 Å². The molecule has 0 aliphatic carbocycles. The fourth-order valence-corrected chi connectivity index (χ4v) is 2.91. The Labute approximate surface area is 101 Å². The summed E-state index contributed by atoms with van der Waals surface area (Å²) in [6, 6.07) is 0.507. The number of nitrogens with one attached hydrogen (secondary N) is 1. The van der Waals surface area contributed by atoms with E-state index in [9.17, 15) is 4.79 Å². The second kappa shape index (κ2) is 3.84. The summed E-state index contributed by atoms with van der Waals surface area (Å²) in [4.78, 5) is 18.7. The van der Waals surface area contributed by atoms with Crippen LogP contribution in [0.1, 0.15) is 30.1 Å². The summed E-state index contributed by atoms with van der Waals surface area (Å²) in [5.74, 6) is 0.818. The van der Waals surface area contributed by atoms with Crippen LogP contribution in [-0.2, 0) is 6.54 Å². The summed E-state index contributed by atoms with van der Waals surface area (Å²) in [6.07, 6.45) is 2.12. The van der Waals surface area contributed by atoms with Gasteiger partial charge in [-0.15, -0.1) is 0 Å². The van der Waals surface area contributed by atoms with Gasteiger partial charge in [0.1, 0.15) is 5.82 Å². The van der Waals surface area contributed by atoms with Gasteiger partial charge < -0.3 is 10.2 Å². The van der Waals surface area contributed by atoms with Crippen LogP contribution in [-0.4, -0.2) is 39.6 Å². The lowest BCUT2D eigenvalue weighted by molar-refractivity contribution is 0.170. The van der Waals surface area contributed by atoms with E-state index in [-0.39, 0.29) is 6.03 Å².